The van der Waals surface area contributed by atoms with Gasteiger partial charge in [-0.1, -0.05) is 6.92 Å². The van der Waals surface area contributed by atoms with E-state index in [1.807, 2.05) is 6.92 Å². The molecule has 4 heteroatoms. The van der Waals surface area contributed by atoms with Crippen molar-refractivity contribution in [2.45, 2.75) is 20.3 Å². The average Bonchev–Trinajstić information content (AvgIpc) is 2.52. The third-order valence-corrected chi connectivity index (χ3v) is 1.69. The molecule has 0 unspecified atom stereocenters. The van der Waals surface area contributed by atoms with Crippen molar-refractivity contribution in [1.82, 2.24) is 9.97 Å². The van der Waals surface area contributed by atoms with Crippen LogP contribution in [0.5, 0.6) is 0 Å². The summed E-state index contributed by atoms with van der Waals surface area (Å²) in [5, 5.41) is 8.60. The summed E-state index contributed by atoms with van der Waals surface area (Å²) in [4.78, 5) is 17.5. The average molecular weight is 180 g/mol. The minimum Gasteiger partial charge on any atom is -0.478 e. The molecule has 0 aliphatic carbocycles. The molecule has 0 spiro atoms. The van der Waals surface area contributed by atoms with Gasteiger partial charge in [0.15, 0.2) is 0 Å². The number of aliphatic carboxylic acids is 1. The Morgan fingerprint density at radius 2 is 2.46 bits per heavy atom. The maximum Gasteiger partial charge on any atom is 0.331 e. The third kappa shape index (κ3) is 2.43. The zero-order chi connectivity index (χ0) is 9.84. The normalized spacial score (nSPS) is 11.7. The lowest BCUT2D eigenvalue weighted by Gasteiger charge is -1.90. The van der Waals surface area contributed by atoms with Crippen molar-refractivity contribution in [2.24, 2.45) is 0 Å². The van der Waals surface area contributed by atoms with Crippen molar-refractivity contribution >= 4 is 12.0 Å². The van der Waals surface area contributed by atoms with E-state index in [0.29, 0.717) is 5.57 Å². The number of aromatic nitrogens is 2. The first-order valence-corrected chi connectivity index (χ1v) is 4.09. The van der Waals surface area contributed by atoms with E-state index in [-0.39, 0.29) is 0 Å². The molecule has 70 valence electrons. The number of rotatable bonds is 3. The van der Waals surface area contributed by atoms with E-state index < -0.39 is 5.97 Å². The molecule has 0 fully saturated rings. The van der Waals surface area contributed by atoms with Gasteiger partial charge in [-0.05, 0) is 13.0 Å². The SMILES string of the molecule is CCc1ncc(/C=C(/C)C(=O)O)[nH]1. The first-order chi connectivity index (χ1) is 6.13. The van der Waals surface area contributed by atoms with Gasteiger partial charge in [-0.3, -0.25) is 0 Å². The van der Waals surface area contributed by atoms with E-state index in [4.69, 9.17) is 5.11 Å². The summed E-state index contributed by atoms with van der Waals surface area (Å²) >= 11 is 0. The number of aromatic amines is 1. The number of carboxylic acids is 1. The second-order valence-electron chi connectivity index (χ2n) is 2.77. The van der Waals surface area contributed by atoms with Gasteiger partial charge >= 0.3 is 5.97 Å². The number of carbonyl (C=O) groups is 1. The molecule has 0 saturated carbocycles. The Morgan fingerprint density at radius 3 is 2.92 bits per heavy atom. The molecule has 1 rings (SSSR count). The molecule has 0 aliphatic heterocycles. The number of nitrogens with one attached hydrogen (secondary N) is 1. The molecule has 1 heterocycles. The molecule has 0 bridgehead atoms. The van der Waals surface area contributed by atoms with Gasteiger partial charge in [0.05, 0.1) is 11.9 Å². The standard InChI is InChI=1S/C9H12N2O2/c1-3-8-10-5-7(11-8)4-6(2)9(12)13/h4-5H,3H2,1-2H3,(H,10,11)(H,12,13)/b6-4-. The lowest BCUT2D eigenvalue weighted by molar-refractivity contribution is -0.132. The molecule has 0 saturated heterocycles. The van der Waals surface area contributed by atoms with Crippen LogP contribution in [0.3, 0.4) is 0 Å². The molecule has 4 nitrogen and oxygen atoms in total. The van der Waals surface area contributed by atoms with Gasteiger partial charge in [0.25, 0.3) is 0 Å². The minimum absolute atomic E-state index is 0.298. The van der Waals surface area contributed by atoms with Gasteiger partial charge in [0.2, 0.25) is 0 Å². The second-order valence-corrected chi connectivity index (χ2v) is 2.77. The summed E-state index contributed by atoms with van der Waals surface area (Å²) in [6, 6.07) is 0. The van der Waals surface area contributed by atoms with Gasteiger partial charge in [-0.2, -0.15) is 0 Å². The Labute approximate surface area is 76.3 Å². The van der Waals surface area contributed by atoms with Crippen LogP contribution in [0.15, 0.2) is 11.8 Å². The van der Waals surface area contributed by atoms with E-state index in [2.05, 4.69) is 9.97 Å². The van der Waals surface area contributed by atoms with Gasteiger partial charge < -0.3 is 10.1 Å². The number of carboxylic acid groups (broad SMARTS) is 1. The molecule has 0 amide bonds. The second kappa shape index (κ2) is 3.89. The Kier molecular flexibility index (Phi) is 2.84. The maximum atomic E-state index is 10.5. The molecule has 0 atom stereocenters. The van der Waals surface area contributed by atoms with Crippen molar-refractivity contribution in [3.8, 4) is 0 Å². The molecular weight excluding hydrogens is 168 g/mol. The highest BCUT2D eigenvalue weighted by molar-refractivity contribution is 5.91. The quantitative estimate of drug-likeness (QED) is 0.692. The zero-order valence-electron chi connectivity index (χ0n) is 7.66. The topological polar surface area (TPSA) is 66.0 Å². The molecular formula is C9H12N2O2. The summed E-state index contributed by atoms with van der Waals surface area (Å²) in [6.45, 7) is 3.53. The van der Waals surface area contributed by atoms with E-state index in [1.165, 1.54) is 0 Å². The summed E-state index contributed by atoms with van der Waals surface area (Å²) < 4.78 is 0. The number of hydrogen-bond acceptors (Lipinski definition) is 2. The van der Waals surface area contributed by atoms with Gasteiger partial charge in [-0.25, -0.2) is 9.78 Å². The number of hydrogen-bond donors (Lipinski definition) is 2. The highest BCUT2D eigenvalue weighted by Crippen LogP contribution is 2.04. The Bertz CT molecular complexity index is 339. The van der Waals surface area contributed by atoms with Crippen LogP contribution in [0.2, 0.25) is 0 Å². The summed E-state index contributed by atoms with van der Waals surface area (Å²) in [5.74, 6) is -0.0444. The lowest BCUT2D eigenvalue weighted by Crippen LogP contribution is -1.95. The smallest absolute Gasteiger partial charge is 0.331 e. The van der Waals surface area contributed by atoms with Gasteiger partial charge in [0.1, 0.15) is 5.82 Å². The van der Waals surface area contributed by atoms with Crippen LogP contribution < -0.4 is 0 Å². The zero-order valence-corrected chi connectivity index (χ0v) is 7.66. The lowest BCUT2D eigenvalue weighted by atomic mass is 10.2. The van der Waals surface area contributed by atoms with E-state index in [9.17, 15) is 4.79 Å². The molecule has 0 aromatic carbocycles. The number of imidazole rings is 1. The number of nitrogens with zero attached hydrogens (tertiary/aromatic N) is 1. The fraction of sp³-hybridized carbons (Fsp3) is 0.333. The Morgan fingerprint density at radius 1 is 1.77 bits per heavy atom. The number of H-pyrrole nitrogens is 1. The van der Waals surface area contributed by atoms with Crippen molar-refractivity contribution in [3.63, 3.8) is 0 Å². The van der Waals surface area contributed by atoms with Crippen LogP contribution in [0.4, 0.5) is 0 Å². The van der Waals surface area contributed by atoms with Crippen molar-refractivity contribution in [3.05, 3.63) is 23.3 Å². The molecule has 0 radical (unpaired) electrons. The fourth-order valence-corrected chi connectivity index (χ4v) is 0.927. The third-order valence-electron chi connectivity index (χ3n) is 1.69. The summed E-state index contributed by atoms with van der Waals surface area (Å²) in [5.41, 5.74) is 1.03. The predicted octanol–water partition coefficient (Wildman–Crippen LogP) is 1.46. The minimum atomic E-state index is -0.910. The van der Waals surface area contributed by atoms with Crippen LogP contribution in [-0.2, 0) is 11.2 Å². The molecule has 13 heavy (non-hydrogen) atoms. The van der Waals surface area contributed by atoms with Crippen molar-refractivity contribution < 1.29 is 9.90 Å². The van der Waals surface area contributed by atoms with Gasteiger partial charge in [0, 0.05) is 12.0 Å². The molecule has 1 aromatic rings. The fourth-order valence-electron chi connectivity index (χ4n) is 0.927. The van der Waals surface area contributed by atoms with Crippen LogP contribution in [0.1, 0.15) is 25.4 Å². The van der Waals surface area contributed by atoms with Crippen LogP contribution >= 0.6 is 0 Å². The highest BCUT2D eigenvalue weighted by atomic mass is 16.4. The van der Waals surface area contributed by atoms with Crippen LogP contribution in [0, 0.1) is 0 Å². The van der Waals surface area contributed by atoms with Crippen LogP contribution in [-0.4, -0.2) is 21.0 Å². The largest absolute Gasteiger partial charge is 0.478 e. The first kappa shape index (κ1) is 9.51. The number of aryl methyl sites for hydroxylation is 1. The van der Waals surface area contributed by atoms with Crippen molar-refractivity contribution in [1.29, 1.82) is 0 Å². The van der Waals surface area contributed by atoms with Crippen LogP contribution in [0.25, 0.3) is 6.08 Å². The molecule has 2 N–H and O–H groups in total. The first-order valence-electron chi connectivity index (χ1n) is 4.09. The van der Waals surface area contributed by atoms with Crippen molar-refractivity contribution in [2.75, 3.05) is 0 Å². The maximum absolute atomic E-state index is 10.5. The Balaban J connectivity index is 2.84. The van der Waals surface area contributed by atoms with Gasteiger partial charge in [-0.15, -0.1) is 0 Å². The summed E-state index contributed by atoms with van der Waals surface area (Å²) in [7, 11) is 0. The van der Waals surface area contributed by atoms with E-state index in [1.54, 1.807) is 19.2 Å². The Hall–Kier alpha value is -1.58. The van der Waals surface area contributed by atoms with E-state index >= 15 is 0 Å². The molecule has 0 aliphatic rings. The predicted molar refractivity (Wildman–Crippen MR) is 49.3 cm³/mol. The summed E-state index contributed by atoms with van der Waals surface area (Å²) in [6.07, 6.45) is 4.01. The molecule has 1 aromatic heterocycles. The monoisotopic (exact) mass is 180 g/mol. The highest BCUT2D eigenvalue weighted by Gasteiger charge is 2.01. The van der Waals surface area contributed by atoms with E-state index in [0.717, 1.165) is 17.9 Å².